The van der Waals surface area contributed by atoms with Crippen molar-refractivity contribution in [3.63, 3.8) is 0 Å². The second kappa shape index (κ2) is 7.37. The van der Waals surface area contributed by atoms with E-state index in [-0.39, 0.29) is 29.3 Å². The molecule has 0 aliphatic heterocycles. The molecule has 5 nitrogen and oxygen atoms in total. The lowest BCUT2D eigenvalue weighted by molar-refractivity contribution is 0.144. The van der Waals surface area contributed by atoms with Crippen LogP contribution in [0.1, 0.15) is 12.0 Å². The van der Waals surface area contributed by atoms with Gasteiger partial charge in [-0.2, -0.15) is 0 Å². The first-order valence-corrected chi connectivity index (χ1v) is 7.60. The summed E-state index contributed by atoms with van der Waals surface area (Å²) in [5.74, 6) is -0.646. The van der Waals surface area contributed by atoms with Crippen molar-refractivity contribution in [2.75, 3.05) is 25.5 Å². The molecule has 20 heavy (non-hydrogen) atoms. The topological polar surface area (TPSA) is 81.4 Å². The maximum atomic E-state index is 13.5. The molecule has 7 heteroatoms. The third-order valence-electron chi connectivity index (χ3n) is 2.67. The van der Waals surface area contributed by atoms with Crippen LogP contribution in [0.5, 0.6) is 0 Å². The average Bonchev–Trinajstić information content (AvgIpc) is 2.39. The Kier molecular flexibility index (Phi) is 6.12. The molecule has 0 aliphatic carbocycles. The van der Waals surface area contributed by atoms with Gasteiger partial charge in [-0.1, -0.05) is 6.08 Å². The number of benzene rings is 1. The zero-order valence-electron chi connectivity index (χ0n) is 11.4. The van der Waals surface area contributed by atoms with Crippen molar-refractivity contribution in [2.24, 2.45) is 0 Å². The Morgan fingerprint density at radius 1 is 1.45 bits per heavy atom. The average molecular weight is 302 g/mol. The van der Waals surface area contributed by atoms with Gasteiger partial charge in [0.15, 0.2) is 0 Å². The summed E-state index contributed by atoms with van der Waals surface area (Å²) in [6, 6.07) is 2.19. The van der Waals surface area contributed by atoms with Crippen LogP contribution >= 0.6 is 0 Å². The fraction of sp³-hybridized carbons (Fsp3) is 0.385. The van der Waals surface area contributed by atoms with Crippen LogP contribution in [-0.2, 0) is 14.8 Å². The van der Waals surface area contributed by atoms with Gasteiger partial charge >= 0.3 is 0 Å². The van der Waals surface area contributed by atoms with Gasteiger partial charge in [-0.3, -0.25) is 0 Å². The Balaban J connectivity index is 2.63. The van der Waals surface area contributed by atoms with E-state index < -0.39 is 15.8 Å². The van der Waals surface area contributed by atoms with Crippen LogP contribution in [0.15, 0.2) is 29.7 Å². The second-order valence-electron chi connectivity index (χ2n) is 4.21. The molecule has 0 heterocycles. The van der Waals surface area contributed by atoms with Crippen molar-refractivity contribution >= 4 is 15.7 Å². The number of nitrogens with two attached hydrogens (primary N) is 1. The van der Waals surface area contributed by atoms with E-state index in [2.05, 4.69) is 11.3 Å². The fourth-order valence-electron chi connectivity index (χ4n) is 1.43. The third-order valence-corrected chi connectivity index (χ3v) is 4.11. The second-order valence-corrected chi connectivity index (χ2v) is 5.97. The van der Waals surface area contributed by atoms with Crippen LogP contribution in [0.25, 0.3) is 0 Å². The molecule has 0 aromatic heterocycles. The molecular weight excluding hydrogens is 283 g/mol. The molecule has 0 radical (unpaired) electrons. The molecule has 112 valence electrons. The molecule has 3 N–H and O–H groups in total. The van der Waals surface area contributed by atoms with Crippen LogP contribution < -0.4 is 10.5 Å². The number of hydrogen-bond acceptors (Lipinski definition) is 4. The van der Waals surface area contributed by atoms with E-state index in [0.717, 1.165) is 6.07 Å². The standard InChI is InChI=1S/C13H19FN2O3S/c1-3-4-6-19-7-5-16-20(17,18)11-8-12(14)10(2)13(15)9-11/h3,8-9,16H,1,4-7,15H2,2H3. The van der Waals surface area contributed by atoms with Gasteiger partial charge in [0.1, 0.15) is 5.82 Å². The molecule has 0 atom stereocenters. The molecular formula is C13H19FN2O3S. The molecule has 0 amide bonds. The van der Waals surface area contributed by atoms with E-state index in [1.54, 1.807) is 6.08 Å². The number of anilines is 1. The normalized spacial score (nSPS) is 11.5. The highest BCUT2D eigenvalue weighted by atomic mass is 32.2. The number of halogens is 1. The van der Waals surface area contributed by atoms with Crippen molar-refractivity contribution in [3.05, 3.63) is 36.2 Å². The van der Waals surface area contributed by atoms with Crippen LogP contribution in [0.4, 0.5) is 10.1 Å². The van der Waals surface area contributed by atoms with Crippen molar-refractivity contribution in [3.8, 4) is 0 Å². The molecule has 1 aromatic carbocycles. The maximum absolute atomic E-state index is 13.5. The van der Waals surface area contributed by atoms with E-state index in [1.807, 2.05) is 0 Å². The zero-order valence-corrected chi connectivity index (χ0v) is 12.2. The predicted molar refractivity (Wildman–Crippen MR) is 76.4 cm³/mol. The lowest BCUT2D eigenvalue weighted by Crippen LogP contribution is -2.27. The molecule has 0 saturated carbocycles. The highest BCUT2D eigenvalue weighted by molar-refractivity contribution is 7.89. The van der Waals surface area contributed by atoms with E-state index in [4.69, 9.17) is 10.5 Å². The molecule has 0 fully saturated rings. The summed E-state index contributed by atoms with van der Waals surface area (Å²) in [5, 5.41) is 0. The number of nitrogen functional groups attached to an aromatic ring is 1. The summed E-state index contributed by atoms with van der Waals surface area (Å²) in [5.41, 5.74) is 5.90. The Hall–Kier alpha value is -1.44. The third kappa shape index (κ3) is 4.59. The summed E-state index contributed by atoms with van der Waals surface area (Å²) >= 11 is 0. The van der Waals surface area contributed by atoms with Gasteiger partial charge in [0.25, 0.3) is 0 Å². The van der Waals surface area contributed by atoms with Crippen LogP contribution in [0, 0.1) is 12.7 Å². The molecule has 0 bridgehead atoms. The minimum absolute atomic E-state index is 0.104. The van der Waals surface area contributed by atoms with Gasteiger partial charge in [0.2, 0.25) is 10.0 Å². The van der Waals surface area contributed by atoms with Crippen molar-refractivity contribution in [1.29, 1.82) is 0 Å². The summed E-state index contributed by atoms with van der Waals surface area (Å²) in [7, 11) is -3.78. The van der Waals surface area contributed by atoms with Crippen LogP contribution in [-0.4, -0.2) is 28.2 Å². The highest BCUT2D eigenvalue weighted by Crippen LogP contribution is 2.20. The number of ether oxygens (including phenoxy) is 1. The zero-order chi connectivity index (χ0) is 15.2. The van der Waals surface area contributed by atoms with E-state index >= 15 is 0 Å². The number of nitrogens with one attached hydrogen (secondary N) is 1. The van der Waals surface area contributed by atoms with E-state index in [9.17, 15) is 12.8 Å². The monoisotopic (exact) mass is 302 g/mol. The van der Waals surface area contributed by atoms with Gasteiger partial charge < -0.3 is 10.5 Å². The summed E-state index contributed by atoms with van der Waals surface area (Å²) < 4.78 is 44.9. The maximum Gasteiger partial charge on any atom is 0.240 e. The van der Waals surface area contributed by atoms with Gasteiger partial charge in [0, 0.05) is 17.8 Å². The number of sulfonamides is 1. The summed E-state index contributed by atoms with van der Waals surface area (Å²) in [6.07, 6.45) is 2.41. The Labute approximate surface area is 118 Å². The van der Waals surface area contributed by atoms with E-state index in [0.29, 0.717) is 13.0 Å². The number of hydrogen-bond donors (Lipinski definition) is 2. The molecule has 1 rings (SSSR count). The molecule has 0 saturated heterocycles. The van der Waals surface area contributed by atoms with Gasteiger partial charge in [-0.25, -0.2) is 17.5 Å². The Morgan fingerprint density at radius 2 is 2.15 bits per heavy atom. The van der Waals surface area contributed by atoms with Crippen molar-refractivity contribution < 1.29 is 17.5 Å². The number of rotatable bonds is 8. The molecule has 1 aromatic rings. The fourth-order valence-corrected chi connectivity index (χ4v) is 2.49. The summed E-state index contributed by atoms with van der Waals surface area (Å²) in [4.78, 5) is -0.191. The lowest BCUT2D eigenvalue weighted by atomic mass is 10.2. The SMILES string of the molecule is C=CCCOCCNS(=O)(=O)c1cc(N)c(C)c(F)c1. The lowest BCUT2D eigenvalue weighted by Gasteiger charge is -2.09. The van der Waals surface area contributed by atoms with Gasteiger partial charge in [-0.05, 0) is 25.5 Å². The Morgan fingerprint density at radius 3 is 2.75 bits per heavy atom. The van der Waals surface area contributed by atoms with Gasteiger partial charge in [-0.15, -0.1) is 6.58 Å². The van der Waals surface area contributed by atoms with Crippen LogP contribution in [0.3, 0.4) is 0 Å². The smallest absolute Gasteiger partial charge is 0.240 e. The molecule has 0 unspecified atom stereocenters. The first kappa shape index (κ1) is 16.6. The first-order valence-electron chi connectivity index (χ1n) is 6.12. The summed E-state index contributed by atoms with van der Waals surface area (Å²) in [6.45, 7) is 5.85. The largest absolute Gasteiger partial charge is 0.398 e. The van der Waals surface area contributed by atoms with Crippen LogP contribution in [0.2, 0.25) is 0 Å². The highest BCUT2D eigenvalue weighted by Gasteiger charge is 2.16. The van der Waals surface area contributed by atoms with Gasteiger partial charge in [0.05, 0.1) is 18.1 Å². The van der Waals surface area contributed by atoms with E-state index in [1.165, 1.54) is 13.0 Å². The molecule has 0 aliphatic rings. The minimum atomic E-state index is -3.78. The predicted octanol–water partition coefficient (Wildman–Crippen LogP) is 1.59. The molecule has 0 spiro atoms. The first-order chi connectivity index (χ1) is 9.38. The minimum Gasteiger partial charge on any atom is -0.398 e. The Bertz CT molecular complexity index is 550. The van der Waals surface area contributed by atoms with Crippen molar-refractivity contribution in [1.82, 2.24) is 4.72 Å². The van der Waals surface area contributed by atoms with Crippen molar-refractivity contribution in [2.45, 2.75) is 18.2 Å². The quantitative estimate of drug-likeness (QED) is 0.434.